The van der Waals surface area contributed by atoms with E-state index in [1.807, 2.05) is 0 Å². The topological polar surface area (TPSA) is 101 Å². The summed E-state index contributed by atoms with van der Waals surface area (Å²) in [7, 11) is 1.44. The zero-order chi connectivity index (χ0) is 19.9. The van der Waals surface area contributed by atoms with E-state index in [1.165, 1.54) is 19.2 Å². The van der Waals surface area contributed by atoms with Crippen molar-refractivity contribution in [2.24, 2.45) is 0 Å². The molecule has 1 aromatic heterocycles. The number of carbonyl (C=O) groups excluding carboxylic acids is 2. The highest BCUT2D eigenvalue weighted by atomic mass is 16.5. The Kier molecular flexibility index (Phi) is 5.86. The van der Waals surface area contributed by atoms with Gasteiger partial charge in [0.1, 0.15) is 0 Å². The van der Waals surface area contributed by atoms with E-state index in [2.05, 4.69) is 15.6 Å². The minimum atomic E-state index is -0.323. The summed E-state index contributed by atoms with van der Waals surface area (Å²) in [5, 5.41) is 15.3. The van der Waals surface area contributed by atoms with Crippen LogP contribution >= 0.6 is 0 Å². The van der Waals surface area contributed by atoms with Gasteiger partial charge in [-0.15, -0.1) is 0 Å². The maximum absolute atomic E-state index is 12.2. The second-order valence-corrected chi connectivity index (χ2v) is 5.96. The summed E-state index contributed by atoms with van der Waals surface area (Å²) in [5.41, 5.74) is 2.28. The maximum Gasteiger partial charge on any atom is 0.255 e. The quantitative estimate of drug-likeness (QED) is 0.613. The standard InChI is InChI=1S/C21H19N3O4/c1-28-19-9-8-16(11-18(19)25)20(26)23-12-14-4-6-15(7-5-14)21(27)24-17-3-2-10-22-13-17/h2-11,13,25H,12H2,1H3,(H,23,26)(H,24,27). The third-order valence-electron chi connectivity index (χ3n) is 4.03. The fraction of sp³-hybridized carbons (Fsp3) is 0.0952. The van der Waals surface area contributed by atoms with E-state index in [0.29, 0.717) is 22.6 Å². The second kappa shape index (κ2) is 8.68. The number of phenolic OH excluding ortho intramolecular Hbond substituents is 1. The van der Waals surface area contributed by atoms with Crippen LogP contribution in [0.25, 0.3) is 0 Å². The minimum Gasteiger partial charge on any atom is -0.504 e. The van der Waals surface area contributed by atoms with Crippen LogP contribution in [0.1, 0.15) is 26.3 Å². The van der Waals surface area contributed by atoms with E-state index in [4.69, 9.17) is 4.74 Å². The third kappa shape index (κ3) is 4.64. The number of hydrogen-bond donors (Lipinski definition) is 3. The highest BCUT2D eigenvalue weighted by Crippen LogP contribution is 2.26. The maximum atomic E-state index is 12.2. The van der Waals surface area contributed by atoms with Crippen LogP contribution in [0.3, 0.4) is 0 Å². The van der Waals surface area contributed by atoms with Gasteiger partial charge in [-0.3, -0.25) is 14.6 Å². The fourth-order valence-electron chi connectivity index (χ4n) is 2.53. The van der Waals surface area contributed by atoms with Crippen molar-refractivity contribution in [3.63, 3.8) is 0 Å². The number of benzene rings is 2. The van der Waals surface area contributed by atoms with Crippen LogP contribution in [-0.4, -0.2) is 29.0 Å². The average molecular weight is 377 g/mol. The smallest absolute Gasteiger partial charge is 0.255 e. The molecule has 0 saturated heterocycles. The lowest BCUT2D eigenvalue weighted by atomic mass is 10.1. The van der Waals surface area contributed by atoms with Crippen LogP contribution in [0.2, 0.25) is 0 Å². The predicted octanol–water partition coefficient (Wildman–Crippen LogP) is 2.98. The van der Waals surface area contributed by atoms with Crippen LogP contribution in [0.4, 0.5) is 5.69 Å². The number of anilines is 1. The molecule has 3 N–H and O–H groups in total. The third-order valence-corrected chi connectivity index (χ3v) is 4.03. The first kappa shape index (κ1) is 18.9. The Labute approximate surface area is 162 Å². The molecule has 0 bridgehead atoms. The van der Waals surface area contributed by atoms with Gasteiger partial charge in [-0.1, -0.05) is 12.1 Å². The first-order chi connectivity index (χ1) is 13.6. The van der Waals surface area contributed by atoms with Gasteiger partial charge in [0.15, 0.2) is 11.5 Å². The number of carbonyl (C=O) groups is 2. The molecule has 0 radical (unpaired) electrons. The monoisotopic (exact) mass is 377 g/mol. The molecule has 0 aliphatic carbocycles. The lowest BCUT2D eigenvalue weighted by Crippen LogP contribution is -2.22. The molecule has 28 heavy (non-hydrogen) atoms. The molecule has 142 valence electrons. The summed E-state index contributed by atoms with van der Waals surface area (Å²) in [6, 6.07) is 14.8. The summed E-state index contributed by atoms with van der Waals surface area (Å²) in [6.07, 6.45) is 3.20. The van der Waals surface area contributed by atoms with Crippen LogP contribution in [-0.2, 0) is 6.54 Å². The summed E-state index contributed by atoms with van der Waals surface area (Å²) in [6.45, 7) is 0.288. The van der Waals surface area contributed by atoms with Crippen molar-refractivity contribution in [2.45, 2.75) is 6.54 Å². The van der Waals surface area contributed by atoms with Crippen molar-refractivity contribution in [3.05, 3.63) is 83.7 Å². The number of methoxy groups -OCH3 is 1. The average Bonchev–Trinajstić information content (AvgIpc) is 2.73. The fourth-order valence-corrected chi connectivity index (χ4v) is 2.53. The second-order valence-electron chi connectivity index (χ2n) is 5.96. The van der Waals surface area contributed by atoms with E-state index < -0.39 is 0 Å². The highest BCUT2D eigenvalue weighted by Gasteiger charge is 2.10. The Morgan fingerprint density at radius 1 is 1.04 bits per heavy atom. The number of amides is 2. The number of ether oxygens (including phenoxy) is 1. The van der Waals surface area contributed by atoms with E-state index >= 15 is 0 Å². The van der Waals surface area contributed by atoms with Gasteiger partial charge in [0.05, 0.1) is 19.0 Å². The van der Waals surface area contributed by atoms with Gasteiger partial charge in [0.2, 0.25) is 0 Å². The molecule has 3 rings (SSSR count). The molecular formula is C21H19N3O4. The van der Waals surface area contributed by atoms with Gasteiger partial charge in [0, 0.05) is 23.9 Å². The predicted molar refractivity (Wildman–Crippen MR) is 104 cm³/mol. The Bertz CT molecular complexity index is 973. The van der Waals surface area contributed by atoms with Gasteiger partial charge in [-0.2, -0.15) is 0 Å². The number of rotatable bonds is 6. The molecule has 7 nitrogen and oxygen atoms in total. The molecule has 0 aliphatic heterocycles. The molecule has 1 heterocycles. The van der Waals surface area contributed by atoms with Crippen molar-refractivity contribution in [1.82, 2.24) is 10.3 Å². The molecule has 0 unspecified atom stereocenters. The molecule has 0 saturated carbocycles. The lowest BCUT2D eigenvalue weighted by molar-refractivity contribution is 0.0949. The minimum absolute atomic E-state index is 0.0980. The van der Waals surface area contributed by atoms with Crippen LogP contribution in [0.15, 0.2) is 67.0 Å². The van der Waals surface area contributed by atoms with E-state index in [9.17, 15) is 14.7 Å². The van der Waals surface area contributed by atoms with Crippen molar-refractivity contribution in [2.75, 3.05) is 12.4 Å². The number of pyridine rings is 1. The van der Waals surface area contributed by atoms with Crippen molar-refractivity contribution in [1.29, 1.82) is 0 Å². The molecule has 0 fully saturated rings. The number of phenols is 1. The van der Waals surface area contributed by atoms with Gasteiger partial charge in [-0.05, 0) is 48.0 Å². The normalized spacial score (nSPS) is 10.2. The molecule has 0 atom stereocenters. The van der Waals surface area contributed by atoms with Gasteiger partial charge >= 0.3 is 0 Å². The van der Waals surface area contributed by atoms with E-state index in [0.717, 1.165) is 5.56 Å². The number of nitrogens with one attached hydrogen (secondary N) is 2. The molecule has 2 aromatic carbocycles. The van der Waals surface area contributed by atoms with Crippen LogP contribution in [0.5, 0.6) is 11.5 Å². The summed E-state index contributed by atoms with van der Waals surface area (Å²) < 4.78 is 4.96. The summed E-state index contributed by atoms with van der Waals surface area (Å²) in [5.74, 6) is -0.357. The van der Waals surface area contributed by atoms with Gasteiger partial charge in [-0.25, -0.2) is 0 Å². The Morgan fingerprint density at radius 2 is 1.79 bits per heavy atom. The number of aromatic nitrogens is 1. The number of hydrogen-bond acceptors (Lipinski definition) is 5. The Balaban J connectivity index is 1.57. The number of aromatic hydroxyl groups is 1. The molecule has 7 heteroatoms. The van der Waals surface area contributed by atoms with Gasteiger partial charge in [0.25, 0.3) is 11.8 Å². The van der Waals surface area contributed by atoms with E-state index in [-0.39, 0.29) is 24.1 Å². The Morgan fingerprint density at radius 3 is 2.43 bits per heavy atom. The first-order valence-electron chi connectivity index (χ1n) is 8.52. The van der Waals surface area contributed by atoms with E-state index in [1.54, 1.807) is 54.9 Å². The van der Waals surface area contributed by atoms with Crippen molar-refractivity contribution < 1.29 is 19.4 Å². The SMILES string of the molecule is COc1ccc(C(=O)NCc2ccc(C(=O)Nc3cccnc3)cc2)cc1O. The van der Waals surface area contributed by atoms with Gasteiger partial charge < -0.3 is 20.5 Å². The highest BCUT2D eigenvalue weighted by molar-refractivity contribution is 6.04. The largest absolute Gasteiger partial charge is 0.504 e. The molecule has 0 aliphatic rings. The lowest BCUT2D eigenvalue weighted by Gasteiger charge is -2.09. The Hall–Kier alpha value is -3.87. The molecular weight excluding hydrogens is 358 g/mol. The van der Waals surface area contributed by atoms with Crippen molar-refractivity contribution >= 4 is 17.5 Å². The van der Waals surface area contributed by atoms with Crippen LogP contribution in [0, 0.1) is 0 Å². The first-order valence-corrected chi connectivity index (χ1v) is 8.52. The molecule has 2 amide bonds. The van der Waals surface area contributed by atoms with Crippen molar-refractivity contribution in [3.8, 4) is 11.5 Å². The molecule has 0 spiro atoms. The molecule has 3 aromatic rings. The zero-order valence-electron chi connectivity index (χ0n) is 15.2. The number of nitrogens with zero attached hydrogens (tertiary/aromatic N) is 1. The van der Waals surface area contributed by atoms with Crippen LogP contribution < -0.4 is 15.4 Å². The summed E-state index contributed by atoms with van der Waals surface area (Å²) >= 11 is 0. The summed E-state index contributed by atoms with van der Waals surface area (Å²) in [4.78, 5) is 28.4. The zero-order valence-corrected chi connectivity index (χ0v) is 15.2.